The smallest absolute Gasteiger partial charge is 0.410 e. The van der Waals surface area contributed by atoms with Crippen molar-refractivity contribution in [3.05, 3.63) is 0 Å². The number of hydrogen-bond donors (Lipinski definition) is 0. The van der Waals surface area contributed by atoms with Gasteiger partial charge in [0.25, 0.3) is 5.92 Å². The molecule has 0 N–H and O–H groups in total. The van der Waals surface area contributed by atoms with Crippen LogP contribution in [0.5, 0.6) is 0 Å². The standard InChI is InChI=1S/C13H20F2N2O2/c1-12(2,3)19-11(18)17-8-6-13(14,15)10(9-17)5-4-7-16/h10H,4-6,8-9H2,1-3H3. The minimum atomic E-state index is -2.81. The van der Waals surface area contributed by atoms with Gasteiger partial charge in [0, 0.05) is 31.8 Å². The van der Waals surface area contributed by atoms with Crippen molar-refractivity contribution in [2.24, 2.45) is 5.92 Å². The van der Waals surface area contributed by atoms with E-state index in [1.54, 1.807) is 20.8 Å². The third-order valence-electron chi connectivity index (χ3n) is 3.01. The molecule has 19 heavy (non-hydrogen) atoms. The van der Waals surface area contributed by atoms with E-state index in [2.05, 4.69) is 0 Å². The van der Waals surface area contributed by atoms with Crippen LogP contribution in [0.25, 0.3) is 0 Å². The molecule has 1 aliphatic heterocycles. The summed E-state index contributed by atoms with van der Waals surface area (Å²) in [5.41, 5.74) is -0.640. The van der Waals surface area contributed by atoms with Gasteiger partial charge in [0.2, 0.25) is 0 Å². The lowest BCUT2D eigenvalue weighted by atomic mass is 9.90. The van der Waals surface area contributed by atoms with Gasteiger partial charge in [0.05, 0.1) is 6.07 Å². The normalized spacial score (nSPS) is 22.7. The minimum absolute atomic E-state index is 0.00896. The van der Waals surface area contributed by atoms with E-state index in [0.717, 1.165) is 0 Å². The first-order valence-corrected chi connectivity index (χ1v) is 6.38. The summed E-state index contributed by atoms with van der Waals surface area (Å²) in [5.74, 6) is -3.77. The van der Waals surface area contributed by atoms with Crippen molar-refractivity contribution in [2.75, 3.05) is 13.1 Å². The van der Waals surface area contributed by atoms with E-state index >= 15 is 0 Å². The third kappa shape index (κ3) is 4.66. The second-order valence-electron chi connectivity index (χ2n) is 5.83. The summed E-state index contributed by atoms with van der Waals surface area (Å²) in [4.78, 5) is 13.1. The maximum Gasteiger partial charge on any atom is 0.410 e. The molecule has 1 amide bonds. The van der Waals surface area contributed by atoms with E-state index in [9.17, 15) is 13.6 Å². The molecular weight excluding hydrogens is 254 g/mol. The Labute approximate surface area is 112 Å². The number of carbonyl (C=O) groups excluding carboxylic acids is 1. The Bertz CT molecular complexity index is 372. The number of nitriles is 1. The molecule has 1 saturated heterocycles. The van der Waals surface area contributed by atoms with Crippen LogP contribution >= 0.6 is 0 Å². The Hall–Kier alpha value is -1.38. The van der Waals surface area contributed by atoms with E-state index in [-0.39, 0.29) is 32.4 Å². The number of halogens is 2. The maximum absolute atomic E-state index is 13.7. The molecule has 1 unspecified atom stereocenters. The number of nitrogens with zero attached hydrogens (tertiary/aromatic N) is 2. The summed E-state index contributed by atoms with van der Waals surface area (Å²) < 4.78 is 32.5. The summed E-state index contributed by atoms with van der Waals surface area (Å²) in [6.07, 6.45) is -0.766. The van der Waals surface area contributed by atoms with Crippen LogP contribution in [0.4, 0.5) is 13.6 Å². The van der Waals surface area contributed by atoms with Crippen LogP contribution in [0.3, 0.4) is 0 Å². The van der Waals surface area contributed by atoms with Crippen LogP contribution in [0.2, 0.25) is 0 Å². The SMILES string of the molecule is CC(C)(C)OC(=O)N1CCC(F)(F)C(CCC#N)C1. The fourth-order valence-electron chi connectivity index (χ4n) is 2.01. The molecule has 4 nitrogen and oxygen atoms in total. The summed E-state index contributed by atoms with van der Waals surface area (Å²) in [7, 11) is 0. The van der Waals surface area contributed by atoms with Crippen molar-refractivity contribution >= 4 is 6.09 Å². The molecular formula is C13H20F2N2O2. The van der Waals surface area contributed by atoms with Crippen molar-refractivity contribution < 1.29 is 18.3 Å². The van der Waals surface area contributed by atoms with Crippen LogP contribution in [0.15, 0.2) is 0 Å². The summed E-state index contributed by atoms with van der Waals surface area (Å²) in [6.45, 7) is 5.14. The predicted octanol–water partition coefficient (Wildman–Crippen LogP) is 3.18. The van der Waals surface area contributed by atoms with Crippen LogP contribution in [0, 0.1) is 17.2 Å². The van der Waals surface area contributed by atoms with Gasteiger partial charge in [0.1, 0.15) is 5.60 Å². The Kier molecular flexibility index (Phi) is 4.72. The third-order valence-corrected chi connectivity index (χ3v) is 3.01. The van der Waals surface area contributed by atoms with Gasteiger partial charge in [-0.25, -0.2) is 13.6 Å². The molecule has 1 aliphatic rings. The highest BCUT2D eigenvalue weighted by Gasteiger charge is 2.45. The zero-order valence-electron chi connectivity index (χ0n) is 11.6. The van der Waals surface area contributed by atoms with Crippen molar-refractivity contribution in [1.29, 1.82) is 5.26 Å². The first kappa shape index (κ1) is 15.7. The first-order valence-electron chi connectivity index (χ1n) is 6.38. The molecule has 0 aromatic rings. The Morgan fingerprint density at radius 1 is 1.53 bits per heavy atom. The molecule has 0 saturated carbocycles. The van der Waals surface area contributed by atoms with E-state index in [4.69, 9.17) is 10.00 Å². The van der Waals surface area contributed by atoms with Crippen LogP contribution in [-0.2, 0) is 4.74 Å². The minimum Gasteiger partial charge on any atom is -0.444 e. The number of rotatable bonds is 2. The highest BCUT2D eigenvalue weighted by atomic mass is 19.3. The van der Waals surface area contributed by atoms with E-state index in [0.29, 0.717) is 0 Å². The largest absolute Gasteiger partial charge is 0.444 e. The predicted molar refractivity (Wildman–Crippen MR) is 65.7 cm³/mol. The van der Waals surface area contributed by atoms with Crippen molar-refractivity contribution in [1.82, 2.24) is 4.90 Å². The van der Waals surface area contributed by atoms with Gasteiger partial charge in [-0.3, -0.25) is 0 Å². The number of amides is 1. The number of piperidine rings is 1. The van der Waals surface area contributed by atoms with Crippen molar-refractivity contribution in [2.45, 2.75) is 51.6 Å². The van der Waals surface area contributed by atoms with Gasteiger partial charge in [-0.15, -0.1) is 0 Å². The first-order chi connectivity index (χ1) is 8.65. The average molecular weight is 274 g/mol. The highest BCUT2D eigenvalue weighted by Crippen LogP contribution is 2.36. The molecule has 0 aromatic carbocycles. The fourth-order valence-corrected chi connectivity index (χ4v) is 2.01. The number of alkyl halides is 2. The van der Waals surface area contributed by atoms with Gasteiger partial charge in [0.15, 0.2) is 0 Å². The van der Waals surface area contributed by atoms with Crippen molar-refractivity contribution in [3.63, 3.8) is 0 Å². The zero-order valence-corrected chi connectivity index (χ0v) is 11.6. The number of hydrogen-bond acceptors (Lipinski definition) is 3. The fraction of sp³-hybridized carbons (Fsp3) is 0.846. The Morgan fingerprint density at radius 3 is 2.68 bits per heavy atom. The molecule has 108 valence electrons. The molecule has 0 spiro atoms. The number of likely N-dealkylation sites (tertiary alicyclic amines) is 1. The lowest BCUT2D eigenvalue weighted by Gasteiger charge is -2.38. The van der Waals surface area contributed by atoms with Gasteiger partial charge >= 0.3 is 6.09 Å². The molecule has 0 aliphatic carbocycles. The Balaban J connectivity index is 2.65. The highest BCUT2D eigenvalue weighted by molar-refractivity contribution is 5.68. The number of ether oxygens (including phenoxy) is 1. The van der Waals surface area contributed by atoms with Gasteiger partial charge in [-0.05, 0) is 27.2 Å². The molecule has 0 aromatic heterocycles. The molecule has 0 radical (unpaired) electrons. The van der Waals surface area contributed by atoms with Crippen LogP contribution in [-0.4, -0.2) is 35.6 Å². The van der Waals surface area contributed by atoms with Gasteiger partial charge < -0.3 is 9.64 Å². The van der Waals surface area contributed by atoms with Crippen LogP contribution < -0.4 is 0 Å². The van der Waals surface area contributed by atoms with E-state index in [1.807, 2.05) is 6.07 Å². The van der Waals surface area contributed by atoms with Crippen molar-refractivity contribution in [3.8, 4) is 6.07 Å². The van der Waals surface area contributed by atoms with Gasteiger partial charge in [-0.1, -0.05) is 0 Å². The molecule has 0 bridgehead atoms. The molecule has 1 fully saturated rings. The second kappa shape index (κ2) is 5.72. The van der Waals surface area contributed by atoms with Crippen LogP contribution in [0.1, 0.15) is 40.0 Å². The average Bonchev–Trinajstić information content (AvgIpc) is 2.24. The molecule has 1 rings (SSSR count). The monoisotopic (exact) mass is 274 g/mol. The quantitative estimate of drug-likeness (QED) is 0.777. The lowest BCUT2D eigenvalue weighted by Crippen LogP contribution is -2.50. The summed E-state index contributed by atoms with van der Waals surface area (Å²) in [5, 5.41) is 8.49. The van der Waals surface area contributed by atoms with E-state index < -0.39 is 23.5 Å². The second-order valence-corrected chi connectivity index (χ2v) is 5.83. The van der Waals surface area contributed by atoms with Gasteiger partial charge in [-0.2, -0.15) is 5.26 Å². The molecule has 1 atom stereocenters. The molecule has 6 heteroatoms. The lowest BCUT2D eigenvalue weighted by molar-refractivity contribution is -0.107. The maximum atomic E-state index is 13.7. The molecule has 1 heterocycles. The van der Waals surface area contributed by atoms with E-state index in [1.165, 1.54) is 4.90 Å². The summed E-state index contributed by atoms with van der Waals surface area (Å²) in [6, 6.07) is 1.87. The zero-order chi connectivity index (χ0) is 14.7. The summed E-state index contributed by atoms with van der Waals surface area (Å²) >= 11 is 0. The Morgan fingerprint density at radius 2 is 2.16 bits per heavy atom. The topological polar surface area (TPSA) is 53.3 Å². The number of carbonyl (C=O) groups is 1.